The summed E-state index contributed by atoms with van der Waals surface area (Å²) >= 11 is 5.98. The molecule has 0 radical (unpaired) electrons. The molecule has 0 atom stereocenters. The maximum absolute atomic E-state index is 13.2. The third-order valence-corrected chi connectivity index (χ3v) is 4.85. The van der Waals surface area contributed by atoms with Gasteiger partial charge in [-0.2, -0.15) is 0 Å². The van der Waals surface area contributed by atoms with Crippen LogP contribution in [-0.4, -0.2) is 54.7 Å². The Morgan fingerprint density at radius 2 is 2.03 bits per heavy atom. The van der Waals surface area contributed by atoms with Crippen LogP contribution in [0.5, 0.6) is 0 Å². The molecule has 1 fully saturated rings. The average Bonchev–Trinajstić information content (AvgIpc) is 2.97. The standard InChI is InChI=1S/C20H22ClFN4O3/c1-2-29-19(27)14-4-7-18(23-13-14)25-8-3-9-26(11-10-25)20(28)24-17-6-5-15(22)12-16(17)21/h4-7,12-13H,2-3,8-11H2,1H3,(H,24,28). The molecule has 3 rings (SSSR count). The van der Waals surface area contributed by atoms with Crippen LogP contribution in [0.1, 0.15) is 23.7 Å². The molecule has 1 aromatic heterocycles. The Labute approximate surface area is 173 Å². The van der Waals surface area contributed by atoms with Crippen molar-refractivity contribution in [2.45, 2.75) is 13.3 Å². The summed E-state index contributed by atoms with van der Waals surface area (Å²) in [6.45, 7) is 4.45. The SMILES string of the molecule is CCOC(=O)c1ccc(N2CCCN(C(=O)Nc3ccc(F)cc3Cl)CC2)nc1. The van der Waals surface area contributed by atoms with E-state index >= 15 is 0 Å². The van der Waals surface area contributed by atoms with Gasteiger partial charge in [-0.15, -0.1) is 0 Å². The molecular formula is C20H22ClFN4O3. The van der Waals surface area contributed by atoms with Gasteiger partial charge in [0.2, 0.25) is 0 Å². The van der Waals surface area contributed by atoms with Gasteiger partial charge in [-0.3, -0.25) is 0 Å². The lowest BCUT2D eigenvalue weighted by Crippen LogP contribution is -2.38. The molecule has 2 aromatic rings. The van der Waals surface area contributed by atoms with E-state index in [1.165, 1.54) is 18.3 Å². The summed E-state index contributed by atoms with van der Waals surface area (Å²) in [5.41, 5.74) is 0.776. The van der Waals surface area contributed by atoms with Crippen molar-refractivity contribution >= 4 is 35.1 Å². The fourth-order valence-corrected chi connectivity index (χ4v) is 3.26. The molecule has 1 aromatic carbocycles. The summed E-state index contributed by atoms with van der Waals surface area (Å²) in [7, 11) is 0. The number of pyridine rings is 1. The Morgan fingerprint density at radius 1 is 1.21 bits per heavy atom. The monoisotopic (exact) mass is 420 g/mol. The van der Waals surface area contributed by atoms with Gasteiger partial charge in [-0.25, -0.2) is 19.0 Å². The molecule has 29 heavy (non-hydrogen) atoms. The molecule has 0 saturated carbocycles. The molecule has 154 valence electrons. The summed E-state index contributed by atoms with van der Waals surface area (Å²) < 4.78 is 18.1. The number of carbonyl (C=O) groups excluding carboxylic acids is 2. The van der Waals surface area contributed by atoms with Gasteiger partial charge in [-0.05, 0) is 43.7 Å². The smallest absolute Gasteiger partial charge is 0.339 e. The van der Waals surface area contributed by atoms with Crippen molar-refractivity contribution in [3.05, 3.63) is 52.9 Å². The summed E-state index contributed by atoms with van der Waals surface area (Å²) in [4.78, 5) is 32.4. The van der Waals surface area contributed by atoms with Gasteiger partial charge in [0.25, 0.3) is 0 Å². The first kappa shape index (κ1) is 20.9. The number of nitrogens with one attached hydrogen (secondary N) is 1. The highest BCUT2D eigenvalue weighted by Gasteiger charge is 2.21. The number of hydrogen-bond donors (Lipinski definition) is 1. The van der Waals surface area contributed by atoms with Crippen molar-refractivity contribution in [2.75, 3.05) is 43.0 Å². The van der Waals surface area contributed by atoms with Crippen molar-refractivity contribution in [2.24, 2.45) is 0 Å². The predicted molar refractivity (Wildman–Crippen MR) is 109 cm³/mol. The molecule has 1 N–H and O–H groups in total. The molecule has 0 unspecified atom stereocenters. The molecule has 2 amide bonds. The van der Waals surface area contributed by atoms with Crippen molar-refractivity contribution in [3.63, 3.8) is 0 Å². The topological polar surface area (TPSA) is 74.8 Å². The quantitative estimate of drug-likeness (QED) is 0.761. The van der Waals surface area contributed by atoms with Crippen LogP contribution < -0.4 is 10.2 Å². The van der Waals surface area contributed by atoms with E-state index in [1.54, 1.807) is 24.0 Å². The molecule has 9 heteroatoms. The average molecular weight is 421 g/mol. The van der Waals surface area contributed by atoms with Crippen LogP contribution >= 0.6 is 11.6 Å². The van der Waals surface area contributed by atoms with Crippen molar-refractivity contribution < 1.29 is 18.7 Å². The van der Waals surface area contributed by atoms with Gasteiger partial charge < -0.3 is 19.9 Å². The van der Waals surface area contributed by atoms with Gasteiger partial charge in [0.15, 0.2) is 0 Å². The third kappa shape index (κ3) is 5.35. The minimum Gasteiger partial charge on any atom is -0.462 e. The van der Waals surface area contributed by atoms with E-state index in [0.29, 0.717) is 37.5 Å². The van der Waals surface area contributed by atoms with Crippen LogP contribution in [0.25, 0.3) is 0 Å². The zero-order valence-electron chi connectivity index (χ0n) is 16.0. The van der Waals surface area contributed by atoms with E-state index in [2.05, 4.69) is 15.2 Å². The van der Waals surface area contributed by atoms with Gasteiger partial charge in [0.05, 0.1) is 22.9 Å². The number of hydrogen-bond acceptors (Lipinski definition) is 5. The number of benzene rings is 1. The predicted octanol–water partition coefficient (Wildman–Crippen LogP) is 3.80. The minimum absolute atomic E-state index is 0.153. The molecule has 7 nitrogen and oxygen atoms in total. The molecule has 2 heterocycles. The second-order valence-corrected chi connectivity index (χ2v) is 6.91. The Morgan fingerprint density at radius 3 is 2.72 bits per heavy atom. The molecule has 1 aliphatic rings. The molecule has 0 bridgehead atoms. The third-order valence-electron chi connectivity index (χ3n) is 4.54. The molecule has 1 saturated heterocycles. The summed E-state index contributed by atoms with van der Waals surface area (Å²) in [5.74, 6) is -0.119. The lowest BCUT2D eigenvalue weighted by molar-refractivity contribution is 0.0526. The van der Waals surface area contributed by atoms with Crippen molar-refractivity contribution in [1.82, 2.24) is 9.88 Å². The lowest BCUT2D eigenvalue weighted by atomic mass is 10.2. The van der Waals surface area contributed by atoms with Gasteiger partial charge in [0.1, 0.15) is 11.6 Å². The van der Waals surface area contributed by atoms with Crippen molar-refractivity contribution in [3.8, 4) is 0 Å². The van der Waals surface area contributed by atoms with E-state index in [-0.39, 0.29) is 11.1 Å². The molecule has 0 aliphatic carbocycles. The fourth-order valence-electron chi connectivity index (χ4n) is 3.04. The number of urea groups is 1. The second kappa shape index (κ2) is 9.56. The van der Waals surface area contributed by atoms with E-state index in [1.807, 2.05) is 0 Å². The number of amides is 2. The van der Waals surface area contributed by atoms with E-state index in [9.17, 15) is 14.0 Å². The van der Waals surface area contributed by atoms with Crippen LogP contribution in [0.3, 0.4) is 0 Å². The zero-order chi connectivity index (χ0) is 20.8. The first-order valence-electron chi connectivity index (χ1n) is 9.37. The number of anilines is 2. The van der Waals surface area contributed by atoms with Crippen LogP contribution in [0.2, 0.25) is 5.02 Å². The van der Waals surface area contributed by atoms with Gasteiger partial charge in [0, 0.05) is 32.4 Å². The Kier molecular flexibility index (Phi) is 6.87. The molecule has 1 aliphatic heterocycles. The van der Waals surface area contributed by atoms with Crippen LogP contribution in [0.4, 0.5) is 20.7 Å². The number of carbonyl (C=O) groups is 2. The van der Waals surface area contributed by atoms with E-state index < -0.39 is 11.8 Å². The maximum Gasteiger partial charge on any atom is 0.339 e. The minimum atomic E-state index is -0.458. The van der Waals surface area contributed by atoms with Gasteiger partial charge in [-0.1, -0.05) is 11.6 Å². The molecule has 0 spiro atoms. The van der Waals surface area contributed by atoms with E-state index in [0.717, 1.165) is 24.8 Å². The Hall–Kier alpha value is -2.87. The number of nitrogens with zero attached hydrogens (tertiary/aromatic N) is 3. The van der Waals surface area contributed by atoms with Gasteiger partial charge >= 0.3 is 12.0 Å². The highest BCUT2D eigenvalue weighted by molar-refractivity contribution is 6.33. The maximum atomic E-state index is 13.2. The summed E-state index contributed by atoms with van der Waals surface area (Å²) in [6, 6.07) is 7.02. The first-order chi connectivity index (χ1) is 14.0. The van der Waals surface area contributed by atoms with Crippen LogP contribution in [0, 0.1) is 5.82 Å². The summed E-state index contributed by atoms with van der Waals surface area (Å²) in [6.07, 6.45) is 2.26. The Bertz CT molecular complexity index is 879. The zero-order valence-corrected chi connectivity index (χ0v) is 16.8. The highest BCUT2D eigenvalue weighted by Crippen LogP contribution is 2.23. The number of halogens is 2. The number of aromatic nitrogens is 1. The molecular weight excluding hydrogens is 399 g/mol. The van der Waals surface area contributed by atoms with Crippen LogP contribution in [-0.2, 0) is 4.74 Å². The number of ether oxygens (including phenoxy) is 1. The second-order valence-electron chi connectivity index (χ2n) is 6.51. The Balaban J connectivity index is 1.59. The first-order valence-corrected chi connectivity index (χ1v) is 9.75. The highest BCUT2D eigenvalue weighted by atomic mass is 35.5. The van der Waals surface area contributed by atoms with Crippen LogP contribution in [0.15, 0.2) is 36.5 Å². The van der Waals surface area contributed by atoms with Crippen molar-refractivity contribution in [1.29, 1.82) is 0 Å². The number of esters is 1. The summed E-state index contributed by atoms with van der Waals surface area (Å²) in [5, 5.41) is 2.88. The largest absolute Gasteiger partial charge is 0.462 e. The normalized spacial score (nSPS) is 14.3. The van der Waals surface area contributed by atoms with E-state index in [4.69, 9.17) is 16.3 Å². The number of rotatable bonds is 4. The lowest BCUT2D eigenvalue weighted by Gasteiger charge is -2.23. The fraction of sp³-hybridized carbons (Fsp3) is 0.350.